The van der Waals surface area contributed by atoms with E-state index >= 15 is 0 Å². The maximum Gasteiger partial charge on any atom is 0.133 e. The molecule has 1 fully saturated rings. The lowest BCUT2D eigenvalue weighted by Gasteiger charge is -2.30. The van der Waals surface area contributed by atoms with E-state index in [0.29, 0.717) is 26.4 Å². The highest BCUT2D eigenvalue weighted by Gasteiger charge is 2.19. The molecule has 1 aromatic carbocycles. The highest BCUT2D eigenvalue weighted by Crippen LogP contribution is 2.27. The van der Waals surface area contributed by atoms with Crippen molar-refractivity contribution in [1.29, 1.82) is 0 Å². The van der Waals surface area contributed by atoms with Crippen molar-refractivity contribution in [3.8, 4) is 11.5 Å². The number of nitrogens with zero attached hydrogens (tertiary/aromatic N) is 1. The summed E-state index contributed by atoms with van der Waals surface area (Å²) in [6.45, 7) is 4.03. The normalized spacial score (nSPS) is 14.9. The molecule has 0 atom stereocenters. The molecule has 1 heterocycles. The molecule has 6 heteroatoms. The van der Waals surface area contributed by atoms with Gasteiger partial charge in [-0.1, -0.05) is 12.2 Å². The Bertz CT molecular complexity index is 475. The molecule has 0 amide bonds. The number of hydrogen-bond acceptors (Lipinski definition) is 5. The molecular formula is C15H21NO4S. The fourth-order valence-corrected chi connectivity index (χ4v) is 2.45. The van der Waals surface area contributed by atoms with Crippen LogP contribution in [0.3, 0.4) is 0 Å². The Labute approximate surface area is 130 Å². The lowest BCUT2D eigenvalue weighted by molar-refractivity contribution is 0.0692. The van der Waals surface area contributed by atoms with Crippen molar-refractivity contribution in [2.75, 3.05) is 53.7 Å². The topological polar surface area (TPSA) is 40.2 Å². The minimum absolute atomic E-state index is 0.475. The van der Waals surface area contributed by atoms with Gasteiger partial charge >= 0.3 is 0 Å². The molecule has 1 aromatic rings. The summed E-state index contributed by atoms with van der Waals surface area (Å²) in [6, 6.07) is 5.70. The van der Waals surface area contributed by atoms with E-state index in [2.05, 4.69) is 4.90 Å². The number of ether oxygens (including phenoxy) is 4. The third-order valence-corrected chi connectivity index (χ3v) is 3.74. The molecule has 21 heavy (non-hydrogen) atoms. The van der Waals surface area contributed by atoms with Crippen molar-refractivity contribution in [1.82, 2.24) is 4.90 Å². The van der Waals surface area contributed by atoms with E-state index < -0.39 is 0 Å². The average molecular weight is 311 g/mol. The van der Waals surface area contributed by atoms with E-state index in [1.54, 1.807) is 14.2 Å². The number of methoxy groups -OCH3 is 2. The van der Waals surface area contributed by atoms with Gasteiger partial charge in [-0.2, -0.15) is 0 Å². The summed E-state index contributed by atoms with van der Waals surface area (Å²) in [7, 11) is 3.28. The monoisotopic (exact) mass is 311 g/mol. The van der Waals surface area contributed by atoms with Gasteiger partial charge in [0.05, 0.1) is 32.5 Å². The smallest absolute Gasteiger partial charge is 0.133 e. The average Bonchev–Trinajstić information content (AvgIpc) is 2.55. The van der Waals surface area contributed by atoms with Crippen LogP contribution >= 0.6 is 12.2 Å². The molecular weight excluding hydrogens is 290 g/mol. The quantitative estimate of drug-likeness (QED) is 0.588. The van der Waals surface area contributed by atoms with E-state index in [1.807, 2.05) is 18.2 Å². The second kappa shape index (κ2) is 8.17. The SMILES string of the molecule is COCCOc1cc(OC)ccc1C(=S)N1CCOCC1. The minimum atomic E-state index is 0.475. The standard InChI is InChI=1S/C15H21NO4S/c1-17-9-10-20-14-11-12(18-2)3-4-13(14)15(21)16-5-7-19-8-6-16/h3-4,11H,5-10H2,1-2H3. The van der Waals surface area contributed by atoms with Gasteiger partial charge in [-0.15, -0.1) is 0 Å². The summed E-state index contributed by atoms with van der Waals surface area (Å²) in [5.74, 6) is 1.47. The fraction of sp³-hybridized carbons (Fsp3) is 0.533. The molecule has 0 aromatic heterocycles. The molecule has 0 saturated carbocycles. The van der Waals surface area contributed by atoms with Crippen molar-refractivity contribution in [3.05, 3.63) is 23.8 Å². The largest absolute Gasteiger partial charge is 0.497 e. The van der Waals surface area contributed by atoms with Crippen LogP contribution < -0.4 is 9.47 Å². The zero-order chi connectivity index (χ0) is 15.1. The minimum Gasteiger partial charge on any atom is -0.497 e. The molecule has 0 unspecified atom stereocenters. The molecule has 5 nitrogen and oxygen atoms in total. The molecule has 0 radical (unpaired) electrons. The number of benzene rings is 1. The van der Waals surface area contributed by atoms with Gasteiger partial charge in [0.15, 0.2) is 0 Å². The number of hydrogen-bond donors (Lipinski definition) is 0. The Hall–Kier alpha value is -1.37. The van der Waals surface area contributed by atoms with Crippen molar-refractivity contribution < 1.29 is 18.9 Å². The molecule has 116 valence electrons. The Morgan fingerprint density at radius 3 is 2.67 bits per heavy atom. The Kier molecular flexibility index (Phi) is 6.22. The van der Waals surface area contributed by atoms with Gasteiger partial charge in [-0.25, -0.2) is 0 Å². The van der Waals surface area contributed by atoms with Gasteiger partial charge in [0.1, 0.15) is 23.1 Å². The summed E-state index contributed by atoms with van der Waals surface area (Å²) in [5, 5.41) is 0. The lowest BCUT2D eigenvalue weighted by atomic mass is 10.1. The summed E-state index contributed by atoms with van der Waals surface area (Å²) < 4.78 is 21.4. The zero-order valence-corrected chi connectivity index (χ0v) is 13.3. The Balaban J connectivity index is 2.17. The van der Waals surface area contributed by atoms with Crippen LogP contribution in [0.15, 0.2) is 18.2 Å². The van der Waals surface area contributed by atoms with Crippen LogP contribution in [-0.4, -0.2) is 63.6 Å². The van der Waals surface area contributed by atoms with E-state index in [9.17, 15) is 0 Å². The van der Waals surface area contributed by atoms with Crippen LogP contribution in [0.1, 0.15) is 5.56 Å². The number of rotatable bonds is 6. The first-order valence-electron chi connectivity index (χ1n) is 6.93. The molecule has 0 spiro atoms. The maximum atomic E-state index is 5.78. The highest BCUT2D eigenvalue weighted by molar-refractivity contribution is 7.80. The molecule has 1 saturated heterocycles. The molecule has 0 bridgehead atoms. The Morgan fingerprint density at radius 1 is 1.24 bits per heavy atom. The van der Waals surface area contributed by atoms with Gasteiger partial charge in [-0.3, -0.25) is 0 Å². The Morgan fingerprint density at radius 2 is 2.00 bits per heavy atom. The number of thiocarbonyl (C=S) groups is 1. The summed E-state index contributed by atoms with van der Waals surface area (Å²) in [5.41, 5.74) is 0.906. The van der Waals surface area contributed by atoms with Crippen LogP contribution in [-0.2, 0) is 9.47 Å². The van der Waals surface area contributed by atoms with Crippen LogP contribution in [0.2, 0.25) is 0 Å². The predicted molar refractivity (Wildman–Crippen MR) is 84.5 cm³/mol. The second-order valence-electron chi connectivity index (χ2n) is 4.61. The molecule has 1 aliphatic heterocycles. The van der Waals surface area contributed by atoms with Gasteiger partial charge in [0.2, 0.25) is 0 Å². The third-order valence-electron chi connectivity index (χ3n) is 3.26. The summed E-state index contributed by atoms with van der Waals surface area (Å²) in [6.07, 6.45) is 0. The lowest BCUT2D eigenvalue weighted by Crippen LogP contribution is -2.40. The molecule has 0 aliphatic carbocycles. The summed E-state index contributed by atoms with van der Waals surface area (Å²) >= 11 is 5.60. The van der Waals surface area contributed by atoms with Crippen LogP contribution in [0.25, 0.3) is 0 Å². The van der Waals surface area contributed by atoms with Gasteiger partial charge in [-0.05, 0) is 12.1 Å². The van der Waals surface area contributed by atoms with Crippen LogP contribution in [0, 0.1) is 0 Å². The molecule has 2 rings (SSSR count). The molecule has 1 aliphatic rings. The predicted octanol–water partition coefficient (Wildman–Crippen LogP) is 1.73. The van der Waals surface area contributed by atoms with Crippen molar-refractivity contribution >= 4 is 17.2 Å². The second-order valence-corrected chi connectivity index (χ2v) is 4.99. The fourth-order valence-electron chi connectivity index (χ4n) is 2.10. The van der Waals surface area contributed by atoms with Crippen LogP contribution in [0.4, 0.5) is 0 Å². The first-order chi connectivity index (χ1) is 10.3. The van der Waals surface area contributed by atoms with Gasteiger partial charge in [0, 0.05) is 26.3 Å². The number of morpholine rings is 1. The highest BCUT2D eigenvalue weighted by atomic mass is 32.1. The van der Waals surface area contributed by atoms with E-state index in [1.165, 1.54) is 0 Å². The first kappa shape index (κ1) is 16.0. The summed E-state index contributed by atoms with van der Waals surface area (Å²) in [4.78, 5) is 2.93. The van der Waals surface area contributed by atoms with E-state index in [-0.39, 0.29) is 0 Å². The van der Waals surface area contributed by atoms with Crippen molar-refractivity contribution in [2.45, 2.75) is 0 Å². The van der Waals surface area contributed by atoms with E-state index in [0.717, 1.165) is 35.1 Å². The maximum absolute atomic E-state index is 5.78. The van der Waals surface area contributed by atoms with E-state index in [4.69, 9.17) is 31.2 Å². The van der Waals surface area contributed by atoms with Crippen molar-refractivity contribution in [3.63, 3.8) is 0 Å². The van der Waals surface area contributed by atoms with Gasteiger partial charge in [0.25, 0.3) is 0 Å². The van der Waals surface area contributed by atoms with Crippen molar-refractivity contribution in [2.24, 2.45) is 0 Å². The van der Waals surface area contributed by atoms with Gasteiger partial charge < -0.3 is 23.8 Å². The first-order valence-corrected chi connectivity index (χ1v) is 7.34. The third kappa shape index (κ3) is 4.30. The van der Waals surface area contributed by atoms with Crippen LogP contribution in [0.5, 0.6) is 11.5 Å². The zero-order valence-electron chi connectivity index (χ0n) is 12.5. The molecule has 0 N–H and O–H groups in total.